The van der Waals surface area contributed by atoms with Crippen LogP contribution in [0.4, 0.5) is 5.82 Å². The van der Waals surface area contributed by atoms with E-state index in [2.05, 4.69) is 39.6 Å². The Morgan fingerprint density at radius 2 is 1.74 bits per heavy atom. The number of aryl methyl sites for hydroxylation is 2. The van der Waals surface area contributed by atoms with Crippen LogP contribution in [0.1, 0.15) is 22.6 Å². The third kappa shape index (κ3) is 4.03. The Morgan fingerprint density at radius 1 is 1.05 bits per heavy atom. The van der Waals surface area contributed by atoms with E-state index in [0.717, 1.165) is 30.3 Å². The van der Waals surface area contributed by atoms with Crippen LogP contribution in [0.3, 0.4) is 0 Å². The van der Waals surface area contributed by atoms with Gasteiger partial charge in [0.05, 0.1) is 0 Å². The van der Waals surface area contributed by atoms with E-state index in [4.69, 9.17) is 5.73 Å². The monoisotopic (exact) mass is 256 g/mol. The van der Waals surface area contributed by atoms with Crippen LogP contribution in [0.25, 0.3) is 0 Å². The molecule has 0 atom stereocenters. The lowest BCUT2D eigenvalue weighted by Gasteiger charge is -2.08. The Labute approximate surface area is 114 Å². The highest BCUT2D eigenvalue weighted by Crippen LogP contribution is 2.09. The van der Waals surface area contributed by atoms with E-state index in [1.807, 2.05) is 19.9 Å². The van der Waals surface area contributed by atoms with Gasteiger partial charge in [0.1, 0.15) is 11.6 Å². The predicted octanol–water partition coefficient (Wildman–Crippen LogP) is 2.21. The van der Waals surface area contributed by atoms with Crippen molar-refractivity contribution in [3.63, 3.8) is 0 Å². The lowest BCUT2D eigenvalue weighted by Crippen LogP contribution is -2.05. The first kappa shape index (κ1) is 13.5. The molecule has 0 amide bonds. The maximum Gasteiger partial charge on any atom is 0.130 e. The summed E-state index contributed by atoms with van der Waals surface area (Å²) in [5.74, 6) is 1.66. The van der Waals surface area contributed by atoms with Gasteiger partial charge in [0.2, 0.25) is 0 Å². The Hall–Kier alpha value is -1.94. The van der Waals surface area contributed by atoms with E-state index in [0.29, 0.717) is 6.54 Å². The van der Waals surface area contributed by atoms with Crippen molar-refractivity contribution in [1.29, 1.82) is 0 Å². The van der Waals surface area contributed by atoms with Gasteiger partial charge in [-0.1, -0.05) is 24.3 Å². The Kier molecular flexibility index (Phi) is 4.47. The number of rotatable bonds is 5. The summed E-state index contributed by atoms with van der Waals surface area (Å²) in [4.78, 5) is 8.62. The molecule has 1 aromatic heterocycles. The minimum Gasteiger partial charge on any atom is -0.366 e. The normalized spacial score (nSPS) is 10.5. The summed E-state index contributed by atoms with van der Waals surface area (Å²) in [6.07, 6.45) is 0.929. The molecule has 4 heteroatoms. The van der Waals surface area contributed by atoms with Crippen LogP contribution in [0.2, 0.25) is 0 Å². The quantitative estimate of drug-likeness (QED) is 0.861. The maximum atomic E-state index is 5.54. The van der Waals surface area contributed by atoms with Gasteiger partial charge < -0.3 is 11.1 Å². The van der Waals surface area contributed by atoms with Gasteiger partial charge in [-0.25, -0.2) is 9.97 Å². The molecule has 0 aliphatic carbocycles. The van der Waals surface area contributed by atoms with Gasteiger partial charge in [0.25, 0.3) is 0 Å². The zero-order valence-corrected chi connectivity index (χ0v) is 11.5. The molecular formula is C15H20N4. The van der Waals surface area contributed by atoms with Crippen molar-refractivity contribution in [1.82, 2.24) is 9.97 Å². The summed E-state index contributed by atoms with van der Waals surface area (Å²) in [6, 6.07) is 10.5. The van der Waals surface area contributed by atoms with Crippen LogP contribution in [-0.4, -0.2) is 16.5 Å². The first-order chi connectivity index (χ1) is 9.17. The fourth-order valence-corrected chi connectivity index (χ4v) is 1.99. The van der Waals surface area contributed by atoms with E-state index < -0.39 is 0 Å². The average Bonchev–Trinajstić information content (AvgIpc) is 2.37. The van der Waals surface area contributed by atoms with Gasteiger partial charge in [0.15, 0.2) is 0 Å². The van der Waals surface area contributed by atoms with Gasteiger partial charge >= 0.3 is 0 Å². The van der Waals surface area contributed by atoms with Crippen LogP contribution in [0.15, 0.2) is 30.3 Å². The number of aromatic nitrogens is 2. The number of nitrogens with two attached hydrogens (primary N) is 1. The van der Waals surface area contributed by atoms with Crippen molar-refractivity contribution in [2.75, 3.05) is 11.9 Å². The minimum atomic E-state index is 0.692. The third-order valence-electron chi connectivity index (χ3n) is 2.90. The highest BCUT2D eigenvalue weighted by atomic mass is 15.0. The van der Waals surface area contributed by atoms with E-state index in [1.54, 1.807) is 0 Å². The zero-order valence-electron chi connectivity index (χ0n) is 11.5. The first-order valence-electron chi connectivity index (χ1n) is 6.51. The number of nitrogens with one attached hydrogen (secondary N) is 1. The van der Waals surface area contributed by atoms with Gasteiger partial charge in [-0.15, -0.1) is 0 Å². The number of hydrogen-bond acceptors (Lipinski definition) is 4. The summed E-state index contributed by atoms with van der Waals surface area (Å²) in [5.41, 5.74) is 9.02. The van der Waals surface area contributed by atoms with Gasteiger partial charge in [-0.2, -0.15) is 0 Å². The molecule has 0 saturated carbocycles. The number of benzene rings is 1. The Morgan fingerprint density at radius 3 is 2.37 bits per heavy atom. The zero-order chi connectivity index (χ0) is 13.7. The molecule has 2 rings (SSSR count). The summed E-state index contributed by atoms with van der Waals surface area (Å²) in [5, 5.41) is 3.32. The van der Waals surface area contributed by atoms with Crippen LogP contribution >= 0.6 is 0 Å². The fourth-order valence-electron chi connectivity index (χ4n) is 1.99. The SMILES string of the molecule is Cc1cc(NCc2ccc(CCN)cc2)nc(C)n1. The standard InChI is InChI=1S/C15H20N4/c1-11-9-15(19-12(2)18-11)17-10-14-5-3-13(4-6-14)7-8-16/h3-6,9H,7-8,10,16H2,1-2H3,(H,17,18,19). The van der Waals surface area contributed by atoms with Crippen molar-refractivity contribution in [3.05, 3.63) is 53.0 Å². The largest absolute Gasteiger partial charge is 0.366 e. The van der Waals surface area contributed by atoms with E-state index in [-0.39, 0.29) is 0 Å². The minimum absolute atomic E-state index is 0.692. The molecule has 0 aliphatic heterocycles. The molecule has 1 aromatic carbocycles. The summed E-state index contributed by atoms with van der Waals surface area (Å²) < 4.78 is 0. The molecule has 4 nitrogen and oxygen atoms in total. The molecule has 0 spiro atoms. The van der Waals surface area contributed by atoms with Crippen molar-refractivity contribution in [2.45, 2.75) is 26.8 Å². The van der Waals surface area contributed by atoms with Crippen LogP contribution in [0.5, 0.6) is 0 Å². The lowest BCUT2D eigenvalue weighted by atomic mass is 10.1. The molecule has 19 heavy (non-hydrogen) atoms. The van der Waals surface area contributed by atoms with Gasteiger partial charge in [-0.05, 0) is 37.9 Å². The topological polar surface area (TPSA) is 63.8 Å². The molecule has 0 saturated heterocycles. The molecule has 3 N–H and O–H groups in total. The summed E-state index contributed by atoms with van der Waals surface area (Å²) in [7, 11) is 0. The molecule has 1 heterocycles. The van der Waals surface area contributed by atoms with Crippen LogP contribution in [-0.2, 0) is 13.0 Å². The highest BCUT2D eigenvalue weighted by Gasteiger charge is 1.99. The molecule has 0 unspecified atom stereocenters. The fraction of sp³-hybridized carbons (Fsp3) is 0.333. The molecular weight excluding hydrogens is 236 g/mol. The molecule has 0 radical (unpaired) electrons. The second-order valence-electron chi connectivity index (χ2n) is 4.65. The van der Waals surface area contributed by atoms with Crippen molar-refractivity contribution >= 4 is 5.82 Å². The van der Waals surface area contributed by atoms with E-state index >= 15 is 0 Å². The van der Waals surface area contributed by atoms with Crippen molar-refractivity contribution < 1.29 is 0 Å². The molecule has 0 bridgehead atoms. The molecule has 0 aliphatic rings. The third-order valence-corrected chi connectivity index (χ3v) is 2.90. The summed E-state index contributed by atoms with van der Waals surface area (Å²) >= 11 is 0. The highest BCUT2D eigenvalue weighted by molar-refractivity contribution is 5.37. The van der Waals surface area contributed by atoms with E-state index in [1.165, 1.54) is 11.1 Å². The Balaban J connectivity index is 1.98. The van der Waals surface area contributed by atoms with Gasteiger partial charge in [0, 0.05) is 18.3 Å². The maximum absolute atomic E-state index is 5.54. The van der Waals surface area contributed by atoms with E-state index in [9.17, 15) is 0 Å². The van der Waals surface area contributed by atoms with Gasteiger partial charge in [-0.3, -0.25) is 0 Å². The number of nitrogens with zero attached hydrogens (tertiary/aromatic N) is 2. The molecule has 2 aromatic rings. The van der Waals surface area contributed by atoms with Crippen LogP contribution in [0, 0.1) is 13.8 Å². The lowest BCUT2D eigenvalue weighted by molar-refractivity contribution is 0.964. The number of hydrogen-bond donors (Lipinski definition) is 2. The molecule has 0 fully saturated rings. The molecule has 100 valence electrons. The van der Waals surface area contributed by atoms with Crippen molar-refractivity contribution in [2.24, 2.45) is 5.73 Å². The average molecular weight is 256 g/mol. The van der Waals surface area contributed by atoms with Crippen molar-refractivity contribution in [3.8, 4) is 0 Å². The second-order valence-corrected chi connectivity index (χ2v) is 4.65. The Bertz CT molecular complexity index is 514. The predicted molar refractivity (Wildman–Crippen MR) is 78.0 cm³/mol. The number of anilines is 1. The second kappa shape index (κ2) is 6.29. The summed E-state index contributed by atoms with van der Waals surface area (Å²) in [6.45, 7) is 5.33. The first-order valence-corrected chi connectivity index (χ1v) is 6.51. The smallest absolute Gasteiger partial charge is 0.130 e. The van der Waals surface area contributed by atoms with Crippen LogP contribution < -0.4 is 11.1 Å².